The average Bonchev–Trinajstić information content (AvgIpc) is 3.01. The van der Waals surface area contributed by atoms with Crippen molar-refractivity contribution in [3.63, 3.8) is 0 Å². The van der Waals surface area contributed by atoms with Crippen molar-refractivity contribution in [2.24, 2.45) is 0 Å². The summed E-state index contributed by atoms with van der Waals surface area (Å²) < 4.78 is 0. The lowest BCUT2D eigenvalue weighted by Crippen LogP contribution is -2.10. The standard InChI is InChI=1S/C20H25N/c1-20(2,3)18-10-8-16(9-11-18)19-14-17(12-13-21-19)15-6-4-5-7-15/h8-15H,4-7H2,1-3H3. The zero-order chi connectivity index (χ0) is 14.9. The summed E-state index contributed by atoms with van der Waals surface area (Å²) in [5.74, 6) is 0.751. The molecule has 1 heterocycles. The molecule has 1 saturated carbocycles. The molecule has 0 spiro atoms. The summed E-state index contributed by atoms with van der Waals surface area (Å²) in [6.07, 6.45) is 7.41. The van der Waals surface area contributed by atoms with Crippen LogP contribution in [0.25, 0.3) is 11.3 Å². The van der Waals surface area contributed by atoms with Gasteiger partial charge in [-0.05, 0) is 47.4 Å². The Morgan fingerprint density at radius 2 is 1.62 bits per heavy atom. The van der Waals surface area contributed by atoms with Gasteiger partial charge in [0, 0.05) is 11.8 Å². The Labute approximate surface area is 128 Å². The van der Waals surface area contributed by atoms with Crippen LogP contribution < -0.4 is 0 Å². The Morgan fingerprint density at radius 3 is 2.24 bits per heavy atom. The number of hydrogen-bond donors (Lipinski definition) is 0. The minimum atomic E-state index is 0.206. The molecule has 1 aliphatic carbocycles. The van der Waals surface area contributed by atoms with Crippen LogP contribution in [0.15, 0.2) is 42.6 Å². The van der Waals surface area contributed by atoms with Gasteiger partial charge in [-0.15, -0.1) is 0 Å². The zero-order valence-electron chi connectivity index (χ0n) is 13.4. The fraction of sp³-hybridized carbons (Fsp3) is 0.450. The highest BCUT2D eigenvalue weighted by Crippen LogP contribution is 2.35. The molecule has 0 amide bonds. The number of rotatable bonds is 2. The van der Waals surface area contributed by atoms with E-state index in [-0.39, 0.29) is 5.41 Å². The van der Waals surface area contributed by atoms with Gasteiger partial charge in [-0.2, -0.15) is 0 Å². The van der Waals surface area contributed by atoms with E-state index in [1.54, 1.807) is 0 Å². The second-order valence-corrected chi connectivity index (χ2v) is 7.28. The fourth-order valence-electron chi connectivity index (χ4n) is 3.26. The van der Waals surface area contributed by atoms with E-state index in [1.807, 2.05) is 6.20 Å². The molecular weight excluding hydrogens is 254 g/mol. The molecule has 21 heavy (non-hydrogen) atoms. The van der Waals surface area contributed by atoms with Crippen LogP contribution in [-0.2, 0) is 5.41 Å². The predicted molar refractivity (Wildman–Crippen MR) is 89.6 cm³/mol. The highest BCUT2D eigenvalue weighted by atomic mass is 14.7. The maximum Gasteiger partial charge on any atom is 0.0704 e. The van der Waals surface area contributed by atoms with Gasteiger partial charge in [0.1, 0.15) is 0 Å². The molecule has 3 rings (SSSR count). The van der Waals surface area contributed by atoms with Gasteiger partial charge in [-0.25, -0.2) is 0 Å². The summed E-state index contributed by atoms with van der Waals surface area (Å²) >= 11 is 0. The topological polar surface area (TPSA) is 12.9 Å². The van der Waals surface area contributed by atoms with E-state index in [4.69, 9.17) is 0 Å². The van der Waals surface area contributed by atoms with E-state index < -0.39 is 0 Å². The molecule has 0 atom stereocenters. The molecule has 0 saturated heterocycles. The Balaban J connectivity index is 1.88. The molecule has 1 aliphatic rings. The quantitative estimate of drug-likeness (QED) is 0.686. The molecule has 2 aromatic rings. The van der Waals surface area contributed by atoms with Crippen LogP contribution in [0.2, 0.25) is 0 Å². The van der Waals surface area contributed by atoms with Crippen LogP contribution in [0.1, 0.15) is 63.5 Å². The molecular formula is C20H25N. The molecule has 0 N–H and O–H groups in total. The largest absolute Gasteiger partial charge is 0.256 e. The van der Waals surface area contributed by atoms with E-state index in [0.29, 0.717) is 0 Å². The molecule has 1 aromatic carbocycles. The third kappa shape index (κ3) is 3.18. The Morgan fingerprint density at radius 1 is 0.952 bits per heavy atom. The molecule has 0 unspecified atom stereocenters. The monoisotopic (exact) mass is 279 g/mol. The van der Waals surface area contributed by atoms with Crippen molar-refractivity contribution < 1.29 is 0 Å². The van der Waals surface area contributed by atoms with Gasteiger partial charge in [-0.1, -0.05) is 57.9 Å². The van der Waals surface area contributed by atoms with Gasteiger partial charge in [0.2, 0.25) is 0 Å². The predicted octanol–water partition coefficient (Wildman–Crippen LogP) is 5.70. The first-order valence-corrected chi connectivity index (χ1v) is 8.11. The number of nitrogens with zero attached hydrogens (tertiary/aromatic N) is 1. The number of benzene rings is 1. The smallest absolute Gasteiger partial charge is 0.0704 e. The maximum absolute atomic E-state index is 4.57. The normalized spacial score (nSPS) is 16.3. The minimum Gasteiger partial charge on any atom is -0.256 e. The maximum atomic E-state index is 4.57. The van der Waals surface area contributed by atoms with Gasteiger partial charge >= 0.3 is 0 Å². The molecule has 1 heteroatoms. The van der Waals surface area contributed by atoms with Crippen LogP contribution in [-0.4, -0.2) is 4.98 Å². The molecule has 1 fully saturated rings. The van der Waals surface area contributed by atoms with Crippen molar-refractivity contribution in [1.82, 2.24) is 4.98 Å². The van der Waals surface area contributed by atoms with Crippen LogP contribution in [0, 0.1) is 0 Å². The van der Waals surface area contributed by atoms with E-state index in [0.717, 1.165) is 11.6 Å². The molecule has 1 aromatic heterocycles. The number of aromatic nitrogens is 1. The van der Waals surface area contributed by atoms with Crippen molar-refractivity contribution in [2.75, 3.05) is 0 Å². The Hall–Kier alpha value is -1.63. The second kappa shape index (κ2) is 5.63. The summed E-state index contributed by atoms with van der Waals surface area (Å²) in [6.45, 7) is 6.75. The number of pyridine rings is 1. The Bertz CT molecular complexity index is 598. The van der Waals surface area contributed by atoms with Crippen LogP contribution in [0.4, 0.5) is 0 Å². The summed E-state index contributed by atoms with van der Waals surface area (Å²) in [7, 11) is 0. The van der Waals surface area contributed by atoms with Gasteiger partial charge in [0.05, 0.1) is 5.69 Å². The lowest BCUT2D eigenvalue weighted by molar-refractivity contribution is 0.590. The van der Waals surface area contributed by atoms with Crippen LogP contribution in [0.3, 0.4) is 0 Å². The van der Waals surface area contributed by atoms with E-state index >= 15 is 0 Å². The summed E-state index contributed by atoms with van der Waals surface area (Å²) in [4.78, 5) is 4.57. The SMILES string of the molecule is CC(C)(C)c1ccc(-c2cc(C3CCCC3)ccn2)cc1. The summed E-state index contributed by atoms with van der Waals surface area (Å²) in [6, 6.07) is 13.4. The van der Waals surface area contributed by atoms with Crippen LogP contribution in [0.5, 0.6) is 0 Å². The Kier molecular flexibility index (Phi) is 3.84. The van der Waals surface area contributed by atoms with E-state index in [9.17, 15) is 0 Å². The third-order valence-electron chi connectivity index (χ3n) is 4.66. The minimum absolute atomic E-state index is 0.206. The molecule has 0 aliphatic heterocycles. The molecule has 0 bridgehead atoms. The average molecular weight is 279 g/mol. The van der Waals surface area contributed by atoms with Gasteiger partial charge in [0.15, 0.2) is 0 Å². The summed E-state index contributed by atoms with van der Waals surface area (Å²) in [5.41, 5.74) is 5.38. The fourth-order valence-corrected chi connectivity index (χ4v) is 3.26. The van der Waals surface area contributed by atoms with E-state index in [2.05, 4.69) is 62.2 Å². The van der Waals surface area contributed by atoms with Crippen molar-refractivity contribution >= 4 is 0 Å². The zero-order valence-corrected chi connectivity index (χ0v) is 13.4. The van der Waals surface area contributed by atoms with Crippen molar-refractivity contribution in [2.45, 2.75) is 57.8 Å². The lowest BCUT2D eigenvalue weighted by Gasteiger charge is -2.19. The summed E-state index contributed by atoms with van der Waals surface area (Å²) in [5, 5.41) is 0. The van der Waals surface area contributed by atoms with E-state index in [1.165, 1.54) is 42.4 Å². The van der Waals surface area contributed by atoms with Gasteiger partial charge in [0.25, 0.3) is 0 Å². The highest BCUT2D eigenvalue weighted by Gasteiger charge is 2.18. The van der Waals surface area contributed by atoms with Gasteiger partial charge in [-0.3, -0.25) is 4.98 Å². The van der Waals surface area contributed by atoms with Crippen molar-refractivity contribution in [3.8, 4) is 11.3 Å². The first-order valence-electron chi connectivity index (χ1n) is 8.11. The third-order valence-corrected chi connectivity index (χ3v) is 4.66. The van der Waals surface area contributed by atoms with Crippen molar-refractivity contribution in [1.29, 1.82) is 0 Å². The number of hydrogen-bond acceptors (Lipinski definition) is 1. The van der Waals surface area contributed by atoms with Crippen molar-refractivity contribution in [3.05, 3.63) is 53.7 Å². The first kappa shape index (κ1) is 14.3. The second-order valence-electron chi connectivity index (χ2n) is 7.28. The van der Waals surface area contributed by atoms with Crippen LogP contribution >= 0.6 is 0 Å². The first-order chi connectivity index (χ1) is 10.0. The lowest BCUT2D eigenvalue weighted by atomic mass is 9.86. The highest BCUT2D eigenvalue weighted by molar-refractivity contribution is 5.60. The molecule has 1 nitrogen and oxygen atoms in total. The molecule has 0 radical (unpaired) electrons. The van der Waals surface area contributed by atoms with Gasteiger partial charge < -0.3 is 0 Å². The molecule has 110 valence electrons.